The molecule has 0 radical (unpaired) electrons. The zero-order valence-corrected chi connectivity index (χ0v) is 18.1. The summed E-state index contributed by atoms with van der Waals surface area (Å²) in [5, 5.41) is 2.73. The summed E-state index contributed by atoms with van der Waals surface area (Å²) in [7, 11) is -3.49. The van der Waals surface area contributed by atoms with Gasteiger partial charge in [0.1, 0.15) is 11.5 Å². The average molecular weight is 447 g/mol. The van der Waals surface area contributed by atoms with E-state index < -0.39 is 21.3 Å². The Labute approximate surface area is 179 Å². The van der Waals surface area contributed by atoms with Crippen molar-refractivity contribution < 1.29 is 22.4 Å². The summed E-state index contributed by atoms with van der Waals surface area (Å²) in [6.07, 6.45) is 6.04. The summed E-state index contributed by atoms with van der Waals surface area (Å²) in [6.45, 7) is 1.65. The van der Waals surface area contributed by atoms with Crippen LogP contribution in [0.3, 0.4) is 0 Å². The van der Waals surface area contributed by atoms with E-state index in [1.54, 1.807) is 0 Å². The number of hydrogen-bond donors (Lipinski definition) is 1. The number of amides is 1. The van der Waals surface area contributed by atoms with Crippen molar-refractivity contribution in [3.63, 3.8) is 0 Å². The molecule has 4 rings (SSSR count). The largest absolute Gasteiger partial charge is 0.309 e. The van der Waals surface area contributed by atoms with Crippen LogP contribution in [0.2, 0.25) is 0 Å². The van der Waals surface area contributed by atoms with Crippen molar-refractivity contribution in [3.05, 3.63) is 47.7 Å². The maximum Gasteiger partial charge on any atom is 0.232 e. The Kier molecular flexibility index (Phi) is 5.28. The van der Waals surface area contributed by atoms with E-state index >= 15 is 0 Å². The summed E-state index contributed by atoms with van der Waals surface area (Å²) in [4.78, 5) is 32.0. The van der Waals surface area contributed by atoms with Crippen LogP contribution < -0.4 is 9.62 Å². The van der Waals surface area contributed by atoms with Gasteiger partial charge >= 0.3 is 0 Å². The lowest BCUT2D eigenvalue weighted by atomic mass is 9.67. The minimum Gasteiger partial charge on any atom is -0.309 e. The molecule has 1 amide bonds. The number of fused-ring (bicyclic) bond motifs is 2. The summed E-state index contributed by atoms with van der Waals surface area (Å²) in [5.74, 6) is -0.812. The number of sulfonamides is 1. The highest BCUT2D eigenvalue weighted by Crippen LogP contribution is 2.51. The molecule has 2 aliphatic rings. The van der Waals surface area contributed by atoms with Gasteiger partial charge in [-0.1, -0.05) is 0 Å². The lowest BCUT2D eigenvalue weighted by molar-refractivity contribution is -0.121. The average Bonchev–Trinajstić information content (AvgIpc) is 3.03. The van der Waals surface area contributed by atoms with Gasteiger partial charge in [-0.2, -0.15) is 0 Å². The Bertz CT molecular complexity index is 1140. The number of hydrogen-bond acceptors (Lipinski definition) is 6. The van der Waals surface area contributed by atoms with E-state index in [0.29, 0.717) is 36.9 Å². The van der Waals surface area contributed by atoms with Crippen LogP contribution in [0.25, 0.3) is 0 Å². The summed E-state index contributed by atoms with van der Waals surface area (Å²) >= 11 is 0. The maximum absolute atomic E-state index is 14.0. The molecule has 0 saturated heterocycles. The molecule has 1 aromatic carbocycles. The van der Waals surface area contributed by atoms with Gasteiger partial charge in [-0.15, -0.1) is 0 Å². The van der Waals surface area contributed by atoms with Crippen LogP contribution in [-0.2, 0) is 20.2 Å². The van der Waals surface area contributed by atoms with Crippen LogP contribution >= 0.6 is 0 Å². The van der Waals surface area contributed by atoms with Crippen LogP contribution in [0, 0.1) is 11.7 Å². The number of aromatic nitrogens is 2. The van der Waals surface area contributed by atoms with Crippen LogP contribution in [0.4, 0.5) is 15.9 Å². The van der Waals surface area contributed by atoms with Gasteiger partial charge in [0.05, 0.1) is 24.3 Å². The van der Waals surface area contributed by atoms with Crippen molar-refractivity contribution in [2.75, 3.05) is 22.4 Å². The Balaban J connectivity index is 1.48. The first-order valence-corrected chi connectivity index (χ1v) is 11.9. The third kappa shape index (κ3) is 4.04. The molecule has 1 spiro atoms. The molecule has 0 atom stereocenters. The zero-order valence-electron chi connectivity index (χ0n) is 17.3. The first-order valence-electron chi connectivity index (χ1n) is 10.0. The molecule has 0 bridgehead atoms. The van der Waals surface area contributed by atoms with E-state index in [4.69, 9.17) is 0 Å². The third-order valence-corrected chi connectivity index (χ3v) is 7.35. The Morgan fingerprint density at radius 1 is 1.19 bits per heavy atom. The van der Waals surface area contributed by atoms with E-state index in [1.165, 1.54) is 41.8 Å². The lowest BCUT2D eigenvalue weighted by Crippen LogP contribution is -2.41. The molecular weight excluding hydrogens is 423 g/mol. The van der Waals surface area contributed by atoms with Gasteiger partial charge < -0.3 is 5.32 Å². The maximum atomic E-state index is 14.0. The number of rotatable bonds is 4. The first-order chi connectivity index (χ1) is 14.6. The van der Waals surface area contributed by atoms with E-state index in [2.05, 4.69) is 15.3 Å². The van der Waals surface area contributed by atoms with Gasteiger partial charge in [0.15, 0.2) is 11.6 Å². The highest BCUT2D eigenvalue weighted by molar-refractivity contribution is 7.92. The molecule has 31 heavy (non-hydrogen) atoms. The van der Waals surface area contributed by atoms with E-state index in [1.807, 2.05) is 0 Å². The fourth-order valence-electron chi connectivity index (χ4n) is 4.55. The minimum absolute atomic E-state index is 0.197. The van der Waals surface area contributed by atoms with Gasteiger partial charge in [-0.3, -0.25) is 13.9 Å². The number of ketones is 1. The van der Waals surface area contributed by atoms with Crippen LogP contribution in [0.15, 0.2) is 30.6 Å². The zero-order chi connectivity index (χ0) is 22.4. The molecule has 0 unspecified atom stereocenters. The first kappa shape index (κ1) is 21.4. The van der Waals surface area contributed by atoms with Crippen molar-refractivity contribution in [1.29, 1.82) is 0 Å². The second kappa shape index (κ2) is 7.67. The fraction of sp³-hybridized carbons (Fsp3) is 0.429. The van der Waals surface area contributed by atoms with Gasteiger partial charge in [0.25, 0.3) is 0 Å². The highest BCUT2D eigenvalue weighted by atomic mass is 32.2. The number of carbonyl (C=O) groups excluding carboxylic acids is 2. The SMILES string of the molecule is CC(=O)c1cnc(NC(=O)[C@H]2CC[C@]3(CC2)CN(S(C)(=O)=O)c2ccc(F)cc23)cn1. The standard InChI is InChI=1S/C21H23FN4O4S/c1-13(27)17-10-24-19(11-23-17)25-20(28)14-5-7-21(8-6-14)12-26(31(2,29)30)18-4-3-15(22)9-16(18)21/h3-4,9-11,14H,5-8,12H2,1-2H3,(H,24,25,28)/t14-,21-. The molecule has 1 fully saturated rings. The Morgan fingerprint density at radius 3 is 2.48 bits per heavy atom. The molecule has 8 nitrogen and oxygen atoms in total. The number of nitrogens with one attached hydrogen (secondary N) is 1. The molecular formula is C21H23FN4O4S. The van der Waals surface area contributed by atoms with Gasteiger partial charge in [0.2, 0.25) is 15.9 Å². The number of carbonyl (C=O) groups is 2. The van der Waals surface area contributed by atoms with Gasteiger partial charge in [0, 0.05) is 24.8 Å². The summed E-state index contributed by atoms with van der Waals surface area (Å²) in [6, 6.07) is 4.21. The molecule has 1 aromatic heterocycles. The van der Waals surface area contributed by atoms with Crippen LogP contribution in [0.1, 0.15) is 48.7 Å². The predicted octanol–water partition coefficient (Wildman–Crippen LogP) is 2.66. The molecule has 2 aromatic rings. The minimum atomic E-state index is -3.49. The quantitative estimate of drug-likeness (QED) is 0.723. The molecule has 164 valence electrons. The van der Waals surface area contributed by atoms with Crippen molar-refractivity contribution in [2.24, 2.45) is 5.92 Å². The second-order valence-electron chi connectivity index (χ2n) is 8.32. The van der Waals surface area contributed by atoms with Crippen molar-refractivity contribution in [2.45, 2.75) is 38.0 Å². The molecule has 10 heteroatoms. The monoisotopic (exact) mass is 446 g/mol. The molecule has 1 aliphatic heterocycles. The lowest BCUT2D eigenvalue weighted by Gasteiger charge is -2.37. The van der Waals surface area contributed by atoms with E-state index in [-0.39, 0.29) is 35.7 Å². The number of nitrogens with zero attached hydrogens (tertiary/aromatic N) is 3. The van der Waals surface area contributed by atoms with Crippen molar-refractivity contribution >= 4 is 33.2 Å². The summed E-state index contributed by atoms with van der Waals surface area (Å²) < 4.78 is 39.9. The number of Topliss-reactive ketones (excluding diaryl/α,β-unsaturated/α-hetero) is 1. The Hall–Kier alpha value is -2.88. The fourth-order valence-corrected chi connectivity index (χ4v) is 5.55. The van der Waals surface area contributed by atoms with Crippen molar-refractivity contribution in [3.8, 4) is 0 Å². The van der Waals surface area contributed by atoms with Gasteiger partial charge in [-0.05, 0) is 49.4 Å². The predicted molar refractivity (Wildman–Crippen MR) is 113 cm³/mol. The highest BCUT2D eigenvalue weighted by Gasteiger charge is 2.48. The van der Waals surface area contributed by atoms with E-state index in [9.17, 15) is 22.4 Å². The number of benzene rings is 1. The third-order valence-electron chi connectivity index (χ3n) is 6.22. The molecule has 1 N–H and O–H groups in total. The topological polar surface area (TPSA) is 109 Å². The van der Waals surface area contributed by atoms with Crippen molar-refractivity contribution in [1.82, 2.24) is 9.97 Å². The van der Waals surface area contributed by atoms with Crippen LogP contribution in [0.5, 0.6) is 0 Å². The van der Waals surface area contributed by atoms with Gasteiger partial charge in [-0.25, -0.2) is 22.8 Å². The molecule has 2 heterocycles. The number of halogens is 1. The second-order valence-corrected chi connectivity index (χ2v) is 10.2. The molecule has 1 aliphatic carbocycles. The Morgan fingerprint density at radius 2 is 1.90 bits per heavy atom. The smallest absolute Gasteiger partial charge is 0.232 e. The summed E-state index contributed by atoms with van der Waals surface area (Å²) in [5.41, 5.74) is 0.940. The molecule has 1 saturated carbocycles. The normalized spacial score (nSPS) is 22.9. The number of anilines is 2. The van der Waals surface area contributed by atoms with E-state index in [0.717, 1.165) is 6.26 Å². The van der Waals surface area contributed by atoms with Crippen LogP contribution in [-0.4, -0.2) is 42.9 Å².